The van der Waals surface area contributed by atoms with E-state index >= 15 is 0 Å². The number of esters is 5. The van der Waals surface area contributed by atoms with Crippen LogP contribution in [0.2, 0.25) is 0 Å². The summed E-state index contributed by atoms with van der Waals surface area (Å²) in [5.41, 5.74) is -5.79. The second kappa shape index (κ2) is 10.8. The van der Waals surface area contributed by atoms with Crippen LogP contribution in [0.1, 0.15) is 75.2 Å². The van der Waals surface area contributed by atoms with Crippen LogP contribution in [0.15, 0.2) is 11.1 Å². The van der Waals surface area contributed by atoms with E-state index in [4.69, 9.17) is 28.4 Å². The van der Waals surface area contributed by atoms with Crippen LogP contribution in [0.3, 0.4) is 0 Å². The minimum Gasteiger partial charge on any atom is -0.462 e. The van der Waals surface area contributed by atoms with Crippen molar-refractivity contribution in [2.45, 2.75) is 123 Å². The van der Waals surface area contributed by atoms with Crippen molar-refractivity contribution in [1.29, 1.82) is 0 Å². The SMILES string of the molecule is CC(=O)O[C@@H]1C2=C(C)[C@H](OC(C)=O)C[C@](O)([C@H]3OC[C@@]4(OC(C)=O)[C@@H]3[C@@](C)([C@@H](OC(C)=O)C[C@@H]4O)[C@@H]1OC(C)=O)C2(C)C. The Hall–Kier alpha value is -3.03. The lowest BCUT2D eigenvalue weighted by atomic mass is 9.45. The van der Waals surface area contributed by atoms with Crippen molar-refractivity contribution in [2.75, 3.05) is 6.61 Å². The molecule has 1 saturated heterocycles. The van der Waals surface area contributed by atoms with E-state index in [0.29, 0.717) is 11.1 Å². The number of carbonyl (C=O) groups is 5. The highest BCUT2D eigenvalue weighted by Gasteiger charge is 2.79. The predicted molar refractivity (Wildman–Crippen MR) is 145 cm³/mol. The first-order valence-electron chi connectivity index (χ1n) is 14.4. The van der Waals surface area contributed by atoms with Crippen LogP contribution in [0.4, 0.5) is 0 Å². The van der Waals surface area contributed by atoms with Gasteiger partial charge in [-0.3, -0.25) is 24.0 Å². The van der Waals surface area contributed by atoms with Crippen LogP contribution < -0.4 is 0 Å². The summed E-state index contributed by atoms with van der Waals surface area (Å²) in [7, 11) is 0. The van der Waals surface area contributed by atoms with Crippen LogP contribution in [-0.2, 0) is 52.4 Å². The topological polar surface area (TPSA) is 181 Å². The summed E-state index contributed by atoms with van der Waals surface area (Å²) in [5.74, 6) is -4.77. The number of hydrogen-bond donors (Lipinski definition) is 2. The van der Waals surface area contributed by atoms with Crippen molar-refractivity contribution in [3.8, 4) is 0 Å². The molecule has 4 aliphatic rings. The molecule has 0 aromatic heterocycles. The molecule has 13 nitrogen and oxygen atoms in total. The van der Waals surface area contributed by atoms with Gasteiger partial charge in [0.15, 0.2) is 17.8 Å². The average molecular weight is 611 g/mol. The summed E-state index contributed by atoms with van der Waals surface area (Å²) in [5, 5.41) is 24.5. The minimum atomic E-state index is -1.91. The van der Waals surface area contributed by atoms with Gasteiger partial charge in [-0.2, -0.15) is 0 Å². The fourth-order valence-electron chi connectivity index (χ4n) is 8.37. The van der Waals surface area contributed by atoms with Gasteiger partial charge in [0.1, 0.15) is 23.9 Å². The van der Waals surface area contributed by atoms with E-state index < -0.39 is 94.4 Å². The molecule has 2 saturated carbocycles. The molecule has 0 spiro atoms. The molecular formula is C30H42O13. The molecule has 13 heteroatoms. The van der Waals surface area contributed by atoms with Crippen LogP contribution in [-0.4, -0.2) is 94.5 Å². The number of aliphatic hydroxyl groups is 2. The first-order chi connectivity index (χ1) is 19.7. The molecule has 3 fully saturated rings. The summed E-state index contributed by atoms with van der Waals surface area (Å²) < 4.78 is 35.6. The molecule has 0 amide bonds. The van der Waals surface area contributed by atoms with Gasteiger partial charge < -0.3 is 38.6 Å². The first kappa shape index (κ1) is 32.9. The average Bonchev–Trinajstić information content (AvgIpc) is 3.24. The fourth-order valence-corrected chi connectivity index (χ4v) is 8.37. The van der Waals surface area contributed by atoms with Gasteiger partial charge in [0, 0.05) is 58.8 Å². The Bertz CT molecular complexity index is 1250. The highest BCUT2D eigenvalue weighted by atomic mass is 16.6. The Morgan fingerprint density at radius 1 is 0.837 bits per heavy atom. The fraction of sp³-hybridized carbons (Fsp3) is 0.767. The van der Waals surface area contributed by atoms with Gasteiger partial charge in [-0.05, 0) is 18.1 Å². The molecule has 43 heavy (non-hydrogen) atoms. The zero-order valence-corrected chi connectivity index (χ0v) is 26.0. The van der Waals surface area contributed by atoms with Gasteiger partial charge >= 0.3 is 29.8 Å². The highest BCUT2D eigenvalue weighted by molar-refractivity contribution is 5.70. The van der Waals surface area contributed by atoms with E-state index in [1.807, 2.05) is 0 Å². The number of rotatable bonds is 5. The number of ether oxygens (including phenoxy) is 6. The molecule has 0 unspecified atom stereocenters. The molecule has 0 aromatic rings. The van der Waals surface area contributed by atoms with Gasteiger partial charge in [0.05, 0.1) is 18.1 Å². The second-order valence-corrected chi connectivity index (χ2v) is 13.0. The molecular weight excluding hydrogens is 568 g/mol. The van der Waals surface area contributed by atoms with Crippen LogP contribution >= 0.6 is 0 Å². The van der Waals surface area contributed by atoms with Crippen LogP contribution in [0.5, 0.6) is 0 Å². The summed E-state index contributed by atoms with van der Waals surface area (Å²) in [6.07, 6.45) is -8.11. The third-order valence-corrected chi connectivity index (χ3v) is 10.0. The Morgan fingerprint density at radius 2 is 1.40 bits per heavy atom. The lowest BCUT2D eigenvalue weighted by molar-refractivity contribution is -0.280. The Labute approximate surface area is 250 Å². The Balaban J connectivity index is 2.17. The van der Waals surface area contributed by atoms with Gasteiger partial charge in [-0.1, -0.05) is 20.8 Å². The van der Waals surface area contributed by atoms with Crippen molar-refractivity contribution >= 4 is 29.8 Å². The van der Waals surface area contributed by atoms with E-state index in [0.717, 1.165) is 0 Å². The van der Waals surface area contributed by atoms with Gasteiger partial charge in [0.25, 0.3) is 0 Å². The monoisotopic (exact) mass is 610 g/mol. The third kappa shape index (κ3) is 4.93. The van der Waals surface area contributed by atoms with E-state index in [-0.39, 0.29) is 19.4 Å². The van der Waals surface area contributed by atoms with Crippen molar-refractivity contribution < 1.29 is 62.6 Å². The maximum absolute atomic E-state index is 12.9. The van der Waals surface area contributed by atoms with Crippen molar-refractivity contribution in [3.63, 3.8) is 0 Å². The van der Waals surface area contributed by atoms with Crippen LogP contribution in [0, 0.1) is 16.7 Å². The zero-order valence-electron chi connectivity index (χ0n) is 26.0. The molecule has 1 aliphatic heterocycles. The minimum absolute atomic E-state index is 0.165. The molecule has 0 aromatic carbocycles. The van der Waals surface area contributed by atoms with E-state index in [1.54, 1.807) is 27.7 Å². The van der Waals surface area contributed by atoms with E-state index in [9.17, 15) is 34.2 Å². The summed E-state index contributed by atoms with van der Waals surface area (Å²) in [4.78, 5) is 62.8. The lowest BCUT2D eigenvalue weighted by Crippen LogP contribution is -2.76. The number of carbonyl (C=O) groups excluding carboxylic acids is 5. The van der Waals surface area contributed by atoms with Gasteiger partial charge in [-0.25, -0.2) is 0 Å². The normalized spacial score (nSPS) is 41.1. The molecule has 2 bridgehead atoms. The first-order valence-corrected chi connectivity index (χ1v) is 14.4. The highest BCUT2D eigenvalue weighted by Crippen LogP contribution is 2.66. The standard InChI is InChI=1S/C30H42O13/c1-13-19(39-14(2)31)11-30(37)26-24-28(9,25(42-17(5)34)23(41-16(4)33)22(13)27(30,7)8)21(40-15(3)32)10-20(36)29(24,12-38-26)43-18(6)35/h19-21,23-26,36-37H,10-12H2,1-9H3/t19-,20+,21+,23-,24+,25-,26+,28-,29+,30+/m1/s1. The summed E-state index contributed by atoms with van der Waals surface area (Å²) >= 11 is 0. The smallest absolute Gasteiger partial charge is 0.303 e. The molecule has 1 heterocycles. The van der Waals surface area contributed by atoms with Crippen molar-refractivity contribution in [2.24, 2.45) is 16.7 Å². The van der Waals surface area contributed by atoms with Gasteiger partial charge in [-0.15, -0.1) is 0 Å². The number of aliphatic hydroxyl groups excluding tert-OH is 1. The maximum Gasteiger partial charge on any atom is 0.303 e. The van der Waals surface area contributed by atoms with E-state index in [2.05, 4.69) is 0 Å². The molecule has 3 aliphatic carbocycles. The second-order valence-electron chi connectivity index (χ2n) is 13.0. The molecule has 10 atom stereocenters. The number of hydrogen-bond acceptors (Lipinski definition) is 13. The molecule has 4 rings (SSSR count). The summed E-state index contributed by atoms with van der Waals surface area (Å²) in [6.45, 7) is 12.3. The van der Waals surface area contributed by atoms with Crippen molar-refractivity contribution in [1.82, 2.24) is 0 Å². The lowest BCUT2D eigenvalue weighted by Gasteiger charge is -2.64. The largest absolute Gasteiger partial charge is 0.462 e. The van der Waals surface area contributed by atoms with E-state index in [1.165, 1.54) is 34.6 Å². The quantitative estimate of drug-likeness (QED) is 0.258. The maximum atomic E-state index is 12.9. The molecule has 240 valence electrons. The predicted octanol–water partition coefficient (Wildman–Crippen LogP) is 1.29. The molecule has 0 radical (unpaired) electrons. The number of fused-ring (bicyclic) bond motifs is 3. The third-order valence-electron chi connectivity index (χ3n) is 10.0. The summed E-state index contributed by atoms with van der Waals surface area (Å²) in [6, 6.07) is 0. The molecule has 2 N–H and O–H groups in total. The van der Waals surface area contributed by atoms with Gasteiger partial charge in [0.2, 0.25) is 0 Å². The Morgan fingerprint density at radius 3 is 1.91 bits per heavy atom. The Kier molecular flexibility index (Phi) is 8.29. The van der Waals surface area contributed by atoms with Crippen LogP contribution in [0.25, 0.3) is 0 Å². The van der Waals surface area contributed by atoms with Crippen molar-refractivity contribution in [3.05, 3.63) is 11.1 Å². The zero-order chi connectivity index (χ0) is 32.4.